The summed E-state index contributed by atoms with van der Waals surface area (Å²) in [5, 5.41) is 8.39. The molecule has 0 radical (unpaired) electrons. The number of aromatic nitrogens is 4. The third-order valence-corrected chi connectivity index (χ3v) is 9.32. The average molecular weight is 478 g/mol. The summed E-state index contributed by atoms with van der Waals surface area (Å²) in [6.07, 6.45) is 0. The number of fused-ring (bicyclic) bond motifs is 1. The highest BCUT2D eigenvalue weighted by Crippen LogP contribution is 2.48. The molecule has 1 aromatic rings. The summed E-state index contributed by atoms with van der Waals surface area (Å²) in [7, 11) is -2.60. The van der Waals surface area contributed by atoms with E-state index in [1.165, 1.54) is 11.7 Å². The van der Waals surface area contributed by atoms with Crippen molar-refractivity contribution in [3.05, 3.63) is 11.3 Å². The van der Waals surface area contributed by atoms with Gasteiger partial charge in [-0.1, -0.05) is 32.5 Å². The number of thioether (sulfide) groups is 1. The van der Waals surface area contributed by atoms with Gasteiger partial charge in [0.2, 0.25) is 11.1 Å². The van der Waals surface area contributed by atoms with Gasteiger partial charge in [-0.25, -0.2) is 13.1 Å². The molecule has 3 atom stereocenters. The summed E-state index contributed by atoms with van der Waals surface area (Å²) in [5.74, 6) is -1.83. The lowest BCUT2D eigenvalue weighted by atomic mass is 9.86. The molecule has 2 aliphatic heterocycles. The predicted octanol–water partition coefficient (Wildman–Crippen LogP) is 0.265. The molecule has 3 rings (SSSR count). The number of sulfone groups is 1. The van der Waals surface area contributed by atoms with Crippen molar-refractivity contribution in [2.45, 2.75) is 48.2 Å². The Hall–Kier alpha value is -1.99. The Morgan fingerprint density at radius 3 is 2.43 bits per heavy atom. The minimum absolute atomic E-state index is 0.0220. The second-order valence-corrected chi connectivity index (χ2v) is 11.8. The molecule has 30 heavy (non-hydrogen) atoms. The highest BCUT2D eigenvalue weighted by atomic mass is 35.5. The molecule has 1 aromatic heterocycles. The fourth-order valence-electron chi connectivity index (χ4n) is 3.05. The van der Waals surface area contributed by atoms with Crippen molar-refractivity contribution in [1.29, 1.82) is 0 Å². The molecule has 11 nitrogen and oxygen atoms in total. The van der Waals surface area contributed by atoms with Crippen molar-refractivity contribution in [2.75, 3.05) is 6.61 Å². The smallest absolute Gasteiger partial charge is 0.302 e. The van der Waals surface area contributed by atoms with Gasteiger partial charge < -0.3 is 4.74 Å². The Balaban J connectivity index is 2.24. The minimum Gasteiger partial charge on any atom is -0.461 e. The number of Topliss-reactive ketones (excluding diaryl/α,β-unsaturated/α-hetero) is 1. The van der Waals surface area contributed by atoms with Crippen molar-refractivity contribution in [2.24, 2.45) is 12.5 Å². The van der Waals surface area contributed by atoms with E-state index in [4.69, 9.17) is 16.3 Å². The van der Waals surface area contributed by atoms with Crippen LogP contribution in [0.3, 0.4) is 0 Å². The standard InChI is InChI=1S/C16H20ClN5O6S2/c1-7(23)28-6-8-10(11(24)16(2,3)4)22-12(25)9(17)13(22)30(26,27)14(8)29-15-18-19-20-21(15)5/h9,13-14H,6H2,1-5H3/t9-,13?,14-/m0/s1. The Labute approximate surface area is 182 Å². The molecule has 0 saturated carbocycles. The fourth-order valence-corrected chi connectivity index (χ4v) is 7.40. The first-order chi connectivity index (χ1) is 13.8. The van der Waals surface area contributed by atoms with E-state index in [1.807, 2.05) is 0 Å². The number of β-lactam (4-membered cyclic amide) rings is 1. The highest BCUT2D eigenvalue weighted by Gasteiger charge is 2.63. The van der Waals surface area contributed by atoms with E-state index in [0.717, 1.165) is 23.6 Å². The van der Waals surface area contributed by atoms with E-state index in [1.54, 1.807) is 20.8 Å². The normalized spacial score (nSPS) is 25.6. The topological polar surface area (TPSA) is 141 Å². The van der Waals surface area contributed by atoms with Crippen LogP contribution in [-0.4, -0.2) is 73.1 Å². The molecule has 3 heterocycles. The Kier molecular flexibility index (Phi) is 5.75. The number of hydrogen-bond acceptors (Lipinski definition) is 10. The van der Waals surface area contributed by atoms with Gasteiger partial charge >= 0.3 is 5.97 Å². The lowest BCUT2D eigenvalue weighted by Gasteiger charge is -2.50. The molecule has 0 bridgehead atoms. The Morgan fingerprint density at radius 1 is 1.30 bits per heavy atom. The van der Waals surface area contributed by atoms with Crippen LogP contribution in [0.4, 0.5) is 0 Å². The zero-order chi connectivity index (χ0) is 22.6. The van der Waals surface area contributed by atoms with Crippen LogP contribution < -0.4 is 0 Å². The van der Waals surface area contributed by atoms with Gasteiger partial charge in [0.1, 0.15) is 16.6 Å². The summed E-state index contributed by atoms with van der Waals surface area (Å²) in [5.41, 5.74) is -1.08. The van der Waals surface area contributed by atoms with Crippen LogP contribution in [0, 0.1) is 5.41 Å². The number of ketones is 1. The molecule has 14 heteroatoms. The van der Waals surface area contributed by atoms with Gasteiger partial charge in [0.05, 0.1) is 5.70 Å². The maximum absolute atomic E-state index is 13.4. The molecule has 1 saturated heterocycles. The third kappa shape index (κ3) is 3.62. The quantitative estimate of drug-likeness (QED) is 0.329. The number of aryl methyl sites for hydroxylation is 1. The summed E-state index contributed by atoms with van der Waals surface area (Å²) in [6, 6.07) is 0. The number of amides is 1. The molecule has 0 spiro atoms. The van der Waals surface area contributed by atoms with Gasteiger partial charge in [-0.2, -0.15) is 0 Å². The zero-order valence-corrected chi connectivity index (χ0v) is 19.2. The molecular formula is C16H20ClN5O6S2. The number of esters is 1. The Bertz CT molecular complexity index is 1060. The van der Waals surface area contributed by atoms with Crippen molar-refractivity contribution >= 4 is 50.9 Å². The Morgan fingerprint density at radius 2 is 1.93 bits per heavy atom. The number of carbonyl (C=O) groups is 3. The fraction of sp³-hybridized carbons (Fsp3) is 0.625. The van der Waals surface area contributed by atoms with Gasteiger partial charge in [0.15, 0.2) is 21.0 Å². The van der Waals surface area contributed by atoms with E-state index >= 15 is 0 Å². The van der Waals surface area contributed by atoms with Gasteiger partial charge in [0, 0.05) is 25.0 Å². The van der Waals surface area contributed by atoms with Gasteiger partial charge in [0.25, 0.3) is 0 Å². The number of nitrogens with zero attached hydrogens (tertiary/aromatic N) is 5. The lowest BCUT2D eigenvalue weighted by Crippen LogP contribution is -2.70. The molecule has 0 N–H and O–H groups in total. The first-order valence-electron chi connectivity index (χ1n) is 8.78. The molecule has 1 amide bonds. The second-order valence-electron chi connectivity index (χ2n) is 7.86. The van der Waals surface area contributed by atoms with E-state index in [9.17, 15) is 22.8 Å². The average Bonchev–Trinajstić information content (AvgIpc) is 3.04. The molecule has 164 valence electrons. The zero-order valence-electron chi connectivity index (χ0n) is 16.8. The van der Waals surface area contributed by atoms with Crippen LogP contribution >= 0.6 is 23.4 Å². The van der Waals surface area contributed by atoms with E-state index in [-0.39, 0.29) is 16.4 Å². The number of halogens is 1. The van der Waals surface area contributed by atoms with Gasteiger partial charge in [-0.05, 0) is 10.4 Å². The van der Waals surface area contributed by atoms with Crippen LogP contribution in [-0.2, 0) is 36.0 Å². The van der Waals surface area contributed by atoms with Crippen LogP contribution in [0.2, 0.25) is 0 Å². The number of allylic oxidation sites excluding steroid dienone is 1. The predicted molar refractivity (Wildman–Crippen MR) is 106 cm³/mol. The SMILES string of the molecule is CC(=O)OCC1=C(C(=O)C(C)(C)C)N2C(=O)[C@H](Cl)C2S(=O)(=O)[C@@H]1Sc1nnnn1C. The first kappa shape index (κ1) is 22.7. The van der Waals surface area contributed by atoms with Crippen LogP contribution in [0.15, 0.2) is 16.4 Å². The highest BCUT2D eigenvalue weighted by molar-refractivity contribution is 8.14. The molecule has 1 unspecified atom stereocenters. The van der Waals surface area contributed by atoms with Crippen molar-refractivity contribution in [3.8, 4) is 0 Å². The van der Waals surface area contributed by atoms with Crippen LogP contribution in [0.1, 0.15) is 27.7 Å². The van der Waals surface area contributed by atoms with Gasteiger partial charge in [-0.15, -0.1) is 16.7 Å². The molecule has 1 fully saturated rings. The van der Waals surface area contributed by atoms with Crippen LogP contribution in [0.25, 0.3) is 0 Å². The minimum atomic E-state index is -4.12. The number of carbonyl (C=O) groups excluding carboxylic acids is 3. The number of rotatable bonds is 5. The summed E-state index contributed by atoms with van der Waals surface area (Å²) < 4.78 is 31.7. The largest absolute Gasteiger partial charge is 0.461 e. The summed E-state index contributed by atoms with van der Waals surface area (Å²) in [4.78, 5) is 38.1. The molecule has 0 aliphatic carbocycles. The van der Waals surface area contributed by atoms with Gasteiger partial charge in [-0.3, -0.25) is 19.3 Å². The van der Waals surface area contributed by atoms with Crippen molar-refractivity contribution in [1.82, 2.24) is 25.1 Å². The summed E-state index contributed by atoms with van der Waals surface area (Å²) >= 11 is 6.83. The van der Waals surface area contributed by atoms with E-state index in [0.29, 0.717) is 0 Å². The summed E-state index contributed by atoms with van der Waals surface area (Å²) in [6.45, 7) is 5.59. The number of tetrazole rings is 1. The number of ether oxygens (including phenoxy) is 1. The lowest BCUT2D eigenvalue weighted by molar-refractivity contribution is -0.142. The molecular weight excluding hydrogens is 458 g/mol. The van der Waals surface area contributed by atoms with E-state index < -0.39 is 54.9 Å². The second kappa shape index (κ2) is 7.61. The third-order valence-electron chi connectivity index (χ3n) is 4.56. The molecule has 0 aromatic carbocycles. The number of alkyl halides is 1. The number of hydrogen-bond donors (Lipinski definition) is 0. The maximum atomic E-state index is 13.4. The van der Waals surface area contributed by atoms with Crippen molar-refractivity contribution in [3.63, 3.8) is 0 Å². The first-order valence-corrected chi connectivity index (χ1v) is 11.7. The monoisotopic (exact) mass is 477 g/mol. The van der Waals surface area contributed by atoms with Crippen LogP contribution in [0.5, 0.6) is 0 Å². The maximum Gasteiger partial charge on any atom is 0.302 e. The van der Waals surface area contributed by atoms with Crippen molar-refractivity contribution < 1.29 is 27.5 Å². The molecule has 2 aliphatic rings. The van der Waals surface area contributed by atoms with E-state index in [2.05, 4.69) is 15.5 Å².